The quantitative estimate of drug-likeness (QED) is 0.381. The first-order valence-corrected chi connectivity index (χ1v) is 4.61. The molecule has 1 saturated carbocycles. The van der Waals surface area contributed by atoms with Crippen molar-refractivity contribution in [3.63, 3.8) is 0 Å². The average Bonchev–Trinajstić information content (AvgIpc) is 2.04. The highest BCUT2D eigenvalue weighted by atomic mass is 19.3. The van der Waals surface area contributed by atoms with Crippen molar-refractivity contribution in [2.75, 3.05) is 0 Å². The lowest BCUT2D eigenvalue weighted by Gasteiger charge is -2.23. The minimum Gasteiger partial charge on any atom is -0.211 e. The van der Waals surface area contributed by atoms with Gasteiger partial charge >= 0.3 is 6.05 Å². The zero-order valence-corrected chi connectivity index (χ0v) is 7.43. The first-order valence-electron chi connectivity index (χ1n) is 4.61. The van der Waals surface area contributed by atoms with Crippen LogP contribution in [0.25, 0.3) is 0 Å². The highest BCUT2D eigenvalue weighted by Gasteiger charge is 2.32. The Hall–Kier alpha value is -0.760. The molecule has 0 spiro atoms. The number of hydrogen-bond donors (Lipinski definition) is 0. The van der Waals surface area contributed by atoms with Gasteiger partial charge in [-0.1, -0.05) is 32.1 Å². The molecular formula is C9H13F2NO. The van der Waals surface area contributed by atoms with Crippen molar-refractivity contribution < 1.29 is 13.6 Å². The van der Waals surface area contributed by atoms with E-state index in [0.717, 1.165) is 38.2 Å². The minimum atomic E-state index is -3.19. The van der Waals surface area contributed by atoms with E-state index in [4.69, 9.17) is 0 Å². The van der Waals surface area contributed by atoms with Gasteiger partial charge in [0.15, 0.2) is 0 Å². The van der Waals surface area contributed by atoms with E-state index in [2.05, 4.69) is 4.99 Å². The van der Waals surface area contributed by atoms with Gasteiger partial charge < -0.3 is 0 Å². The molecule has 0 amide bonds. The number of isocyanates is 1. The molecule has 13 heavy (non-hydrogen) atoms. The fourth-order valence-corrected chi connectivity index (χ4v) is 1.85. The Morgan fingerprint density at radius 1 is 1.31 bits per heavy atom. The van der Waals surface area contributed by atoms with Crippen LogP contribution in [-0.4, -0.2) is 12.1 Å². The Labute approximate surface area is 76.0 Å². The number of alkyl halides is 2. The molecule has 2 nitrogen and oxygen atoms in total. The van der Waals surface area contributed by atoms with Crippen LogP contribution < -0.4 is 0 Å². The van der Waals surface area contributed by atoms with E-state index in [1.54, 1.807) is 0 Å². The van der Waals surface area contributed by atoms with Crippen molar-refractivity contribution in [2.24, 2.45) is 10.9 Å². The van der Waals surface area contributed by atoms with Gasteiger partial charge in [-0.3, -0.25) is 0 Å². The predicted octanol–water partition coefficient (Wildman–Crippen LogP) is 2.89. The number of aliphatic imine (C=N–C) groups is 1. The third-order valence-corrected chi connectivity index (χ3v) is 2.47. The minimum absolute atomic E-state index is 0.0286. The van der Waals surface area contributed by atoms with Crippen LogP contribution >= 0.6 is 0 Å². The molecule has 0 saturated heterocycles. The molecule has 0 aromatic heterocycles. The molecule has 0 atom stereocenters. The van der Waals surface area contributed by atoms with Crippen LogP contribution in [0.1, 0.15) is 38.5 Å². The van der Waals surface area contributed by atoms with E-state index >= 15 is 0 Å². The van der Waals surface area contributed by atoms with Crippen LogP contribution in [0.2, 0.25) is 0 Å². The maximum absolute atomic E-state index is 12.8. The van der Waals surface area contributed by atoms with Crippen LogP contribution in [0.15, 0.2) is 4.99 Å². The Morgan fingerprint density at radius 3 is 2.46 bits per heavy atom. The van der Waals surface area contributed by atoms with E-state index in [9.17, 15) is 13.6 Å². The van der Waals surface area contributed by atoms with Gasteiger partial charge in [-0.2, -0.15) is 8.78 Å². The van der Waals surface area contributed by atoms with Crippen molar-refractivity contribution in [1.29, 1.82) is 0 Å². The molecule has 1 aliphatic rings. The maximum Gasteiger partial charge on any atom is 0.352 e. The molecule has 0 aliphatic heterocycles. The lowest BCUT2D eigenvalue weighted by molar-refractivity contribution is -0.0183. The highest BCUT2D eigenvalue weighted by Crippen LogP contribution is 2.33. The molecule has 0 unspecified atom stereocenters. The summed E-state index contributed by atoms with van der Waals surface area (Å²) in [5.74, 6) is 0.0286. The molecule has 74 valence electrons. The molecule has 1 aliphatic carbocycles. The topological polar surface area (TPSA) is 29.4 Å². The summed E-state index contributed by atoms with van der Waals surface area (Å²) in [4.78, 5) is 12.2. The summed E-state index contributed by atoms with van der Waals surface area (Å²) in [6, 6.07) is -3.19. The van der Waals surface area contributed by atoms with Crippen molar-refractivity contribution in [3.8, 4) is 0 Å². The number of rotatable bonds is 3. The standard InChI is InChI=1S/C9H13F2NO/c10-9(11,12-7-13)6-8-4-2-1-3-5-8/h8H,1-6H2. The van der Waals surface area contributed by atoms with Crippen LogP contribution in [0, 0.1) is 5.92 Å². The molecule has 0 aromatic rings. The molecule has 0 N–H and O–H groups in total. The summed E-state index contributed by atoms with van der Waals surface area (Å²) in [5, 5.41) is 0. The predicted molar refractivity (Wildman–Crippen MR) is 44.3 cm³/mol. The molecule has 4 heteroatoms. The number of hydrogen-bond acceptors (Lipinski definition) is 2. The Morgan fingerprint density at radius 2 is 1.92 bits per heavy atom. The molecule has 0 bridgehead atoms. The Kier molecular flexibility index (Phi) is 3.55. The average molecular weight is 189 g/mol. The second kappa shape index (κ2) is 4.47. The SMILES string of the molecule is O=C=NC(F)(F)CC1CCCCC1. The first-order chi connectivity index (χ1) is 6.14. The van der Waals surface area contributed by atoms with E-state index in [0.29, 0.717) is 0 Å². The number of halogens is 2. The summed E-state index contributed by atoms with van der Waals surface area (Å²) >= 11 is 0. The van der Waals surface area contributed by atoms with Crippen molar-refractivity contribution >= 4 is 6.08 Å². The van der Waals surface area contributed by atoms with Gasteiger partial charge in [0, 0.05) is 6.42 Å². The van der Waals surface area contributed by atoms with Crippen molar-refractivity contribution in [2.45, 2.75) is 44.6 Å². The maximum atomic E-state index is 12.8. The zero-order valence-electron chi connectivity index (χ0n) is 7.43. The van der Waals surface area contributed by atoms with Gasteiger partial charge in [0.25, 0.3) is 0 Å². The zero-order chi connectivity index (χ0) is 9.73. The summed E-state index contributed by atoms with van der Waals surface area (Å²) in [7, 11) is 0. The fraction of sp³-hybridized carbons (Fsp3) is 0.889. The van der Waals surface area contributed by atoms with Gasteiger partial charge in [-0.15, -0.1) is 4.99 Å². The largest absolute Gasteiger partial charge is 0.352 e. The first kappa shape index (κ1) is 10.3. The summed E-state index contributed by atoms with van der Waals surface area (Å²) in [6.45, 7) is 0. The van der Waals surface area contributed by atoms with Crippen molar-refractivity contribution in [1.82, 2.24) is 0 Å². The highest BCUT2D eigenvalue weighted by molar-refractivity contribution is 5.33. The fourth-order valence-electron chi connectivity index (χ4n) is 1.85. The number of nitrogens with zero attached hydrogens (tertiary/aromatic N) is 1. The lowest BCUT2D eigenvalue weighted by atomic mass is 9.86. The van der Waals surface area contributed by atoms with Gasteiger partial charge in [0.2, 0.25) is 6.08 Å². The second-order valence-electron chi connectivity index (χ2n) is 3.58. The van der Waals surface area contributed by atoms with Gasteiger partial charge in [-0.25, -0.2) is 4.79 Å². The van der Waals surface area contributed by atoms with Crippen LogP contribution in [0.4, 0.5) is 8.78 Å². The molecule has 0 heterocycles. The third kappa shape index (κ3) is 3.64. The van der Waals surface area contributed by atoms with Gasteiger partial charge in [0.05, 0.1) is 0 Å². The second-order valence-corrected chi connectivity index (χ2v) is 3.58. The summed E-state index contributed by atoms with van der Waals surface area (Å²) < 4.78 is 25.6. The van der Waals surface area contributed by atoms with Crippen LogP contribution in [0.3, 0.4) is 0 Å². The van der Waals surface area contributed by atoms with Crippen LogP contribution in [0.5, 0.6) is 0 Å². The van der Waals surface area contributed by atoms with Crippen molar-refractivity contribution in [3.05, 3.63) is 0 Å². The molecule has 0 aromatic carbocycles. The van der Waals surface area contributed by atoms with Gasteiger partial charge in [0.1, 0.15) is 0 Å². The summed E-state index contributed by atoms with van der Waals surface area (Å²) in [5.41, 5.74) is 0. The lowest BCUT2D eigenvalue weighted by Crippen LogP contribution is -2.20. The van der Waals surface area contributed by atoms with Crippen LogP contribution in [-0.2, 0) is 4.79 Å². The molecular weight excluding hydrogens is 176 g/mol. The smallest absolute Gasteiger partial charge is 0.211 e. The summed E-state index contributed by atoms with van der Waals surface area (Å²) in [6.07, 6.45) is 5.48. The number of carbonyl (C=O) groups excluding carboxylic acids is 1. The normalized spacial score (nSPS) is 19.5. The Bertz CT molecular complexity index is 206. The Balaban J connectivity index is 2.41. The van der Waals surface area contributed by atoms with E-state index in [-0.39, 0.29) is 12.3 Å². The van der Waals surface area contributed by atoms with E-state index in [1.165, 1.54) is 0 Å². The molecule has 0 radical (unpaired) electrons. The van der Waals surface area contributed by atoms with E-state index < -0.39 is 6.05 Å². The van der Waals surface area contributed by atoms with Gasteiger partial charge in [-0.05, 0) is 5.92 Å². The molecule has 1 rings (SSSR count). The monoisotopic (exact) mass is 189 g/mol. The molecule has 1 fully saturated rings. The van der Waals surface area contributed by atoms with E-state index in [1.807, 2.05) is 0 Å². The third-order valence-electron chi connectivity index (χ3n) is 2.47.